The van der Waals surface area contributed by atoms with Crippen molar-refractivity contribution in [3.63, 3.8) is 0 Å². The Hall–Kier alpha value is -6.94. The second-order valence-corrected chi connectivity index (χ2v) is 25.4. The molecular formula is C75H45Br4Cl3O2. The zero-order valence-corrected chi connectivity index (χ0v) is 53.0. The predicted molar refractivity (Wildman–Crippen MR) is 362 cm³/mol. The fourth-order valence-electron chi connectivity index (χ4n) is 12.7. The first-order chi connectivity index (χ1) is 40.9. The van der Waals surface area contributed by atoms with Crippen LogP contribution < -0.4 is 0 Å². The molecule has 406 valence electrons. The van der Waals surface area contributed by atoms with E-state index in [1.807, 2.05) is 170 Å². The number of carbonyl (C=O) groups excluding carboxylic acids is 1. The normalized spacial score (nSPS) is 13.2. The van der Waals surface area contributed by atoms with E-state index in [-0.39, 0.29) is 11.2 Å². The molecule has 0 bridgehead atoms. The van der Waals surface area contributed by atoms with Gasteiger partial charge in [0.2, 0.25) is 0 Å². The smallest absolute Gasteiger partial charge is 0.194 e. The van der Waals surface area contributed by atoms with E-state index in [1.165, 1.54) is 44.5 Å². The Morgan fingerprint density at radius 2 is 0.583 bits per heavy atom. The first-order valence-electron chi connectivity index (χ1n) is 27.1. The number of hydrogen-bond donors (Lipinski definition) is 1. The molecule has 0 radical (unpaired) electrons. The molecule has 0 saturated carbocycles. The summed E-state index contributed by atoms with van der Waals surface area (Å²) in [5.41, 5.74) is 21.5. The lowest BCUT2D eigenvalue weighted by atomic mass is 9.70. The quantitative estimate of drug-likeness (QED) is 0.191. The van der Waals surface area contributed by atoms with E-state index in [2.05, 4.69) is 161 Å². The lowest BCUT2D eigenvalue weighted by molar-refractivity contribution is 0.104. The molecule has 0 atom stereocenters. The minimum absolute atomic E-state index is 0.149. The molecule has 0 aliphatic heterocycles. The maximum atomic E-state index is 12.3. The number of halogens is 7. The predicted octanol–water partition coefficient (Wildman–Crippen LogP) is 22.9. The Morgan fingerprint density at radius 3 is 1.07 bits per heavy atom. The van der Waals surface area contributed by atoms with Crippen LogP contribution >= 0.6 is 98.5 Å². The van der Waals surface area contributed by atoms with Crippen molar-refractivity contribution in [1.82, 2.24) is 0 Å². The van der Waals surface area contributed by atoms with Crippen LogP contribution in [0.2, 0.25) is 15.1 Å². The van der Waals surface area contributed by atoms with Crippen molar-refractivity contribution in [2.75, 3.05) is 0 Å². The van der Waals surface area contributed by atoms with E-state index in [4.69, 9.17) is 34.8 Å². The molecule has 84 heavy (non-hydrogen) atoms. The lowest BCUT2D eigenvalue weighted by Crippen LogP contribution is -2.27. The van der Waals surface area contributed by atoms with Crippen molar-refractivity contribution < 1.29 is 9.90 Å². The number of carbonyl (C=O) groups is 1. The first-order valence-corrected chi connectivity index (χ1v) is 31.4. The van der Waals surface area contributed by atoms with Gasteiger partial charge < -0.3 is 5.11 Å². The van der Waals surface area contributed by atoms with Crippen molar-refractivity contribution in [3.05, 3.63) is 350 Å². The minimum atomic E-state index is -1.28. The summed E-state index contributed by atoms with van der Waals surface area (Å²) in [6, 6.07) is 89.7. The Balaban J connectivity index is 0.000000109. The molecule has 12 aromatic carbocycles. The maximum Gasteiger partial charge on any atom is 0.194 e. The zero-order chi connectivity index (χ0) is 57.9. The lowest BCUT2D eigenvalue weighted by Gasteiger charge is -2.30. The topological polar surface area (TPSA) is 37.3 Å². The summed E-state index contributed by atoms with van der Waals surface area (Å²) < 4.78 is 4.18. The highest BCUT2D eigenvalue weighted by molar-refractivity contribution is 9.11. The number of rotatable bonds is 3. The van der Waals surface area contributed by atoms with E-state index in [1.54, 1.807) is 0 Å². The SMILES string of the molecule is Clc1ccc(-c2ccccc2Br)c(Br)c1.Clc1ccc2c(c1)C1(c3ccccc3-c3ccccc31)c1cccc(Br)c1-2.O=C1c2ccccc2-c2ccccc21.OC1(c2cc(Cl)ccc2-c2ccccc2Br)c2ccccc2-c2ccccc21. The van der Waals surface area contributed by atoms with Crippen LogP contribution in [0.15, 0.2) is 285 Å². The van der Waals surface area contributed by atoms with Gasteiger partial charge in [-0.25, -0.2) is 0 Å². The van der Waals surface area contributed by atoms with E-state index in [9.17, 15) is 9.90 Å². The molecule has 4 aliphatic carbocycles. The molecule has 0 amide bonds. The number of benzene rings is 12. The molecule has 9 heteroatoms. The second kappa shape index (κ2) is 23.1. The highest BCUT2D eigenvalue weighted by Crippen LogP contribution is 2.64. The van der Waals surface area contributed by atoms with Crippen molar-refractivity contribution in [2.45, 2.75) is 11.0 Å². The Bertz CT molecular complexity index is 4470. The van der Waals surface area contributed by atoms with Gasteiger partial charge in [-0.05, 0) is 138 Å². The van der Waals surface area contributed by atoms with Crippen LogP contribution in [-0.4, -0.2) is 10.9 Å². The largest absolute Gasteiger partial charge is 0.376 e. The molecular weight excluding hydrogens is 1360 g/mol. The van der Waals surface area contributed by atoms with Crippen LogP contribution in [0.1, 0.15) is 54.9 Å². The third-order valence-electron chi connectivity index (χ3n) is 16.2. The van der Waals surface area contributed by atoms with Crippen LogP contribution in [0.3, 0.4) is 0 Å². The van der Waals surface area contributed by atoms with Gasteiger partial charge in [0.1, 0.15) is 5.60 Å². The molecule has 2 nitrogen and oxygen atoms in total. The molecule has 12 aromatic rings. The van der Waals surface area contributed by atoms with Gasteiger partial charge in [0.05, 0.1) is 5.41 Å². The molecule has 0 aromatic heterocycles. The fourth-order valence-corrected chi connectivity index (χ4v) is 15.5. The number of hydrogen-bond acceptors (Lipinski definition) is 2. The molecule has 1 N–H and O–H groups in total. The van der Waals surface area contributed by atoms with Gasteiger partial charge in [-0.2, -0.15) is 0 Å². The molecule has 0 fully saturated rings. The Labute approximate surface area is 536 Å². The maximum absolute atomic E-state index is 12.3. The zero-order valence-electron chi connectivity index (χ0n) is 44.4. The molecule has 16 rings (SSSR count). The van der Waals surface area contributed by atoms with Crippen LogP contribution in [0.25, 0.3) is 66.8 Å². The summed E-state index contributed by atoms with van der Waals surface area (Å²) >= 11 is 33.3. The van der Waals surface area contributed by atoms with Crippen LogP contribution in [0.4, 0.5) is 0 Å². The molecule has 0 heterocycles. The average Bonchev–Trinajstić information content (AvgIpc) is 1.81. The van der Waals surface area contributed by atoms with E-state index in [0.717, 1.165) is 100 Å². The van der Waals surface area contributed by atoms with Gasteiger partial charge in [-0.1, -0.05) is 311 Å². The third kappa shape index (κ3) is 9.51. The van der Waals surface area contributed by atoms with Gasteiger partial charge in [-0.3, -0.25) is 4.79 Å². The number of aliphatic hydroxyl groups is 1. The number of fused-ring (bicyclic) bond motifs is 16. The van der Waals surface area contributed by atoms with Gasteiger partial charge in [-0.15, -0.1) is 0 Å². The summed E-state index contributed by atoms with van der Waals surface area (Å²) in [4.78, 5) is 11.9. The van der Waals surface area contributed by atoms with E-state index in [0.29, 0.717) is 5.02 Å². The second-order valence-electron chi connectivity index (χ2n) is 20.7. The van der Waals surface area contributed by atoms with Crippen molar-refractivity contribution in [3.8, 4) is 66.8 Å². The Kier molecular flexibility index (Phi) is 15.5. The molecule has 0 saturated heterocycles. The van der Waals surface area contributed by atoms with Gasteiger partial charge in [0.15, 0.2) is 5.78 Å². The highest BCUT2D eigenvalue weighted by atomic mass is 79.9. The van der Waals surface area contributed by atoms with Crippen LogP contribution in [0.5, 0.6) is 0 Å². The minimum Gasteiger partial charge on any atom is -0.376 e. The van der Waals surface area contributed by atoms with E-state index >= 15 is 0 Å². The summed E-state index contributed by atoms with van der Waals surface area (Å²) in [5, 5.41) is 14.4. The van der Waals surface area contributed by atoms with Gasteiger partial charge in [0.25, 0.3) is 0 Å². The average molecular weight is 1400 g/mol. The molecule has 1 spiro atoms. The highest BCUT2D eigenvalue weighted by Gasteiger charge is 2.52. The number of ketones is 1. The van der Waals surface area contributed by atoms with E-state index < -0.39 is 5.60 Å². The van der Waals surface area contributed by atoms with Crippen LogP contribution in [0, 0.1) is 0 Å². The summed E-state index contributed by atoms with van der Waals surface area (Å²) in [6.45, 7) is 0. The fraction of sp³-hybridized carbons (Fsp3) is 0.0267. The summed E-state index contributed by atoms with van der Waals surface area (Å²) in [7, 11) is 0. The van der Waals surface area contributed by atoms with Crippen molar-refractivity contribution in [1.29, 1.82) is 0 Å². The first kappa shape index (κ1) is 56.2. The summed E-state index contributed by atoms with van der Waals surface area (Å²) in [5.74, 6) is 0.149. The standard InChI is InChI=1S/C25H16BrClO.C25H14BrCl.C13H8O.C12H7Br2Cl/c26-24-12-6-3-9-20(24)19-14-13-16(27)15-23(19)25(28)21-10-4-1-7-17(21)18-8-2-5-11-22(18)25;26-23-11-5-10-21-24(23)18-13-12-15(27)14-22(18)25(21)19-8-3-1-6-16(19)17-7-2-4-9-20(17)25;14-13-11-7-3-1-5-9(11)10-6-2-4-8-12(10)13;13-11-4-2-1-3-9(11)10-6-5-8(15)7-12(10)14/h1-15,28H;1-14H;1-8H;1-7H. The van der Waals surface area contributed by atoms with Crippen molar-refractivity contribution >= 4 is 104 Å². The monoisotopic (exact) mass is 1400 g/mol. The van der Waals surface area contributed by atoms with Gasteiger partial charge >= 0.3 is 0 Å². The molecule has 0 unspecified atom stereocenters. The third-order valence-corrected chi connectivity index (χ3v) is 19.6. The van der Waals surface area contributed by atoms with Gasteiger partial charge in [0, 0.05) is 66.3 Å². The summed E-state index contributed by atoms with van der Waals surface area (Å²) in [6.07, 6.45) is 0. The van der Waals surface area contributed by atoms with Crippen LogP contribution in [-0.2, 0) is 11.0 Å². The van der Waals surface area contributed by atoms with Crippen molar-refractivity contribution in [2.24, 2.45) is 0 Å². The Morgan fingerprint density at radius 1 is 0.262 bits per heavy atom. The molecule has 4 aliphatic rings.